The third kappa shape index (κ3) is 7.31. The van der Waals surface area contributed by atoms with E-state index >= 15 is 0 Å². The highest BCUT2D eigenvalue weighted by molar-refractivity contribution is 6.18. The number of aryl methyl sites for hydroxylation is 3. The van der Waals surface area contributed by atoms with Gasteiger partial charge in [0.2, 0.25) is 0 Å². The number of aliphatic imine (C=N–C) groups is 2. The molecule has 3 aromatic carbocycles. The highest BCUT2D eigenvalue weighted by Crippen LogP contribution is 2.14. The quantitative estimate of drug-likeness (QED) is 0.393. The molecule has 0 radical (unpaired) electrons. The molecule has 0 amide bonds. The summed E-state index contributed by atoms with van der Waals surface area (Å²) in [7, 11) is 1.78. The van der Waals surface area contributed by atoms with Crippen LogP contribution in [0.5, 0.6) is 0 Å². The minimum absolute atomic E-state index is 0.955. The number of hydrogen-bond donors (Lipinski definition) is 0. The first kappa shape index (κ1) is 23.1. The second-order valence-corrected chi connectivity index (χ2v) is 8.02. The van der Waals surface area contributed by atoms with E-state index in [-0.39, 0.29) is 0 Å². The van der Waals surface area contributed by atoms with E-state index < -0.39 is 0 Å². The molecule has 2 nitrogen and oxygen atoms in total. The maximum atomic E-state index is 4.52. The summed E-state index contributed by atoms with van der Waals surface area (Å²) >= 11 is 0. The van der Waals surface area contributed by atoms with Crippen LogP contribution >= 0.6 is 0 Å². The third-order valence-corrected chi connectivity index (χ3v) is 5.36. The summed E-state index contributed by atoms with van der Waals surface area (Å²) in [5, 5.41) is 0. The highest BCUT2D eigenvalue weighted by Gasteiger charge is 1.98. The molecule has 0 spiro atoms. The normalized spacial score (nSPS) is 12.2. The molecule has 3 aromatic rings. The summed E-state index contributed by atoms with van der Waals surface area (Å²) in [5.74, 6) is 0. The van der Waals surface area contributed by atoms with Gasteiger partial charge in [-0.3, -0.25) is 4.99 Å². The van der Waals surface area contributed by atoms with Crippen molar-refractivity contribution in [3.05, 3.63) is 125 Å². The second kappa shape index (κ2) is 11.8. The van der Waals surface area contributed by atoms with Gasteiger partial charge in [0.1, 0.15) is 0 Å². The van der Waals surface area contributed by atoms with Crippen LogP contribution in [0.1, 0.15) is 34.7 Å². The summed E-state index contributed by atoms with van der Waals surface area (Å²) in [6.45, 7) is 6.39. The predicted molar refractivity (Wildman–Crippen MR) is 140 cm³/mol. The van der Waals surface area contributed by atoms with E-state index in [2.05, 4.69) is 91.4 Å². The Morgan fingerprint density at radius 1 is 0.562 bits per heavy atom. The van der Waals surface area contributed by atoms with Crippen molar-refractivity contribution < 1.29 is 0 Å². The van der Waals surface area contributed by atoms with Crippen LogP contribution in [0.4, 0.5) is 5.69 Å². The Morgan fingerprint density at radius 3 is 1.50 bits per heavy atom. The molecular weight excluding hydrogens is 388 g/mol. The zero-order chi connectivity index (χ0) is 22.8. The van der Waals surface area contributed by atoms with Crippen LogP contribution in [-0.2, 0) is 12.8 Å². The van der Waals surface area contributed by atoms with Gasteiger partial charge < -0.3 is 0 Å². The lowest BCUT2D eigenvalue weighted by atomic mass is 10.0. The van der Waals surface area contributed by atoms with Gasteiger partial charge in [0.25, 0.3) is 0 Å². The van der Waals surface area contributed by atoms with Crippen molar-refractivity contribution >= 4 is 17.1 Å². The molecule has 0 aliphatic heterocycles. The van der Waals surface area contributed by atoms with Crippen LogP contribution in [0, 0.1) is 13.8 Å². The van der Waals surface area contributed by atoms with E-state index in [4.69, 9.17) is 0 Å². The Bertz CT molecular complexity index is 1090. The molecule has 0 N–H and O–H groups in total. The lowest BCUT2D eigenvalue weighted by molar-refractivity contribution is 1.12. The maximum Gasteiger partial charge on any atom is 0.0638 e. The van der Waals surface area contributed by atoms with E-state index in [1.807, 2.05) is 36.4 Å². The zero-order valence-electron chi connectivity index (χ0n) is 19.5. The molecule has 2 heteroatoms. The summed E-state index contributed by atoms with van der Waals surface area (Å²) in [4.78, 5) is 8.60. The molecule has 32 heavy (non-hydrogen) atoms. The van der Waals surface area contributed by atoms with Crippen molar-refractivity contribution in [2.75, 3.05) is 7.05 Å². The van der Waals surface area contributed by atoms with Crippen molar-refractivity contribution in [2.45, 2.75) is 33.6 Å². The first-order valence-electron chi connectivity index (χ1n) is 11.2. The lowest BCUT2D eigenvalue weighted by Gasteiger charge is -2.03. The molecule has 0 aromatic heterocycles. The minimum Gasteiger partial charge on any atom is -0.289 e. The summed E-state index contributed by atoms with van der Waals surface area (Å²) < 4.78 is 0. The predicted octanol–water partition coefficient (Wildman–Crippen LogP) is 7.41. The van der Waals surface area contributed by atoms with Crippen LogP contribution in [0.15, 0.2) is 107 Å². The molecule has 1 aliphatic rings. The van der Waals surface area contributed by atoms with Gasteiger partial charge in [-0.2, -0.15) is 0 Å². The fraction of sp³-hybridized carbons (Fsp3) is 0.200. The van der Waals surface area contributed by atoms with Crippen LogP contribution in [-0.4, -0.2) is 18.5 Å². The van der Waals surface area contributed by atoms with Crippen molar-refractivity contribution in [1.29, 1.82) is 0 Å². The summed E-state index contributed by atoms with van der Waals surface area (Å²) in [5.41, 5.74) is 9.67. The van der Waals surface area contributed by atoms with Crippen molar-refractivity contribution in [1.82, 2.24) is 0 Å². The van der Waals surface area contributed by atoms with Crippen molar-refractivity contribution in [3.8, 4) is 0 Å². The summed E-state index contributed by atoms with van der Waals surface area (Å²) in [6, 6.07) is 25.9. The van der Waals surface area contributed by atoms with Crippen LogP contribution in [0.3, 0.4) is 0 Å². The van der Waals surface area contributed by atoms with E-state index in [1.165, 1.54) is 27.8 Å². The van der Waals surface area contributed by atoms with Gasteiger partial charge >= 0.3 is 0 Å². The van der Waals surface area contributed by atoms with E-state index in [0.29, 0.717) is 0 Å². The van der Waals surface area contributed by atoms with Gasteiger partial charge in [-0.15, -0.1) is 0 Å². The fourth-order valence-corrected chi connectivity index (χ4v) is 3.28. The fourth-order valence-electron chi connectivity index (χ4n) is 3.28. The molecule has 0 saturated heterocycles. The van der Waals surface area contributed by atoms with E-state index in [1.54, 1.807) is 7.05 Å². The Hall–Kier alpha value is -3.52. The number of rotatable bonds is 4. The first-order chi connectivity index (χ1) is 15.6. The largest absolute Gasteiger partial charge is 0.289 e. The molecule has 1 aliphatic carbocycles. The topological polar surface area (TPSA) is 24.7 Å². The molecule has 0 heterocycles. The molecule has 0 fully saturated rings. The zero-order valence-corrected chi connectivity index (χ0v) is 19.5. The number of allylic oxidation sites excluding steroid dienone is 4. The van der Waals surface area contributed by atoms with Crippen LogP contribution in [0.2, 0.25) is 0 Å². The minimum atomic E-state index is 0.955. The Morgan fingerprint density at radius 2 is 1.00 bits per heavy atom. The van der Waals surface area contributed by atoms with Crippen molar-refractivity contribution in [3.63, 3.8) is 0 Å². The Kier molecular flexibility index (Phi) is 8.51. The monoisotopic (exact) mass is 420 g/mol. The molecule has 162 valence electrons. The van der Waals surface area contributed by atoms with Crippen LogP contribution < -0.4 is 0 Å². The maximum absolute atomic E-state index is 4.52. The third-order valence-electron chi connectivity index (χ3n) is 5.36. The average molecular weight is 421 g/mol. The first-order valence-corrected chi connectivity index (χ1v) is 11.2. The van der Waals surface area contributed by atoms with E-state index in [0.717, 1.165) is 30.0 Å². The lowest BCUT2D eigenvalue weighted by Crippen LogP contribution is -1.99. The van der Waals surface area contributed by atoms with Gasteiger partial charge in [0.15, 0.2) is 0 Å². The number of nitrogens with zero attached hydrogens (tertiary/aromatic N) is 2. The average Bonchev–Trinajstić information content (AvgIpc) is 2.83. The molecule has 4 rings (SSSR count). The Balaban J connectivity index is 0.000000181. The van der Waals surface area contributed by atoms with Gasteiger partial charge in [0.05, 0.1) is 17.1 Å². The number of hydrogen-bond acceptors (Lipinski definition) is 2. The van der Waals surface area contributed by atoms with E-state index in [9.17, 15) is 0 Å². The second-order valence-electron chi connectivity index (χ2n) is 8.02. The van der Waals surface area contributed by atoms with Gasteiger partial charge in [0, 0.05) is 7.05 Å². The van der Waals surface area contributed by atoms with Gasteiger partial charge in [-0.25, -0.2) is 4.99 Å². The highest BCUT2D eigenvalue weighted by atomic mass is 14.7. The molecule has 0 atom stereocenters. The molecule has 0 unspecified atom stereocenters. The smallest absolute Gasteiger partial charge is 0.0638 e. The SMILES string of the molecule is CCc1ccc(Cc2ccc(C)cc2)cc1.CN=C1C=CC(=Nc2ccc(C)cc2)C=C1. The molecule has 0 saturated carbocycles. The number of benzene rings is 3. The van der Waals surface area contributed by atoms with Crippen LogP contribution in [0.25, 0.3) is 0 Å². The van der Waals surface area contributed by atoms with Gasteiger partial charge in [-0.1, -0.05) is 78.7 Å². The van der Waals surface area contributed by atoms with Gasteiger partial charge in [-0.05, 0) is 79.8 Å². The Labute approximate surface area is 192 Å². The standard InChI is InChI=1S/C16H18.C14H14N2/c1-3-14-8-10-16(11-9-14)12-15-6-4-13(2)5-7-15;1-11-3-5-13(6-4-11)16-14-9-7-12(15-2)8-10-14/h4-11H,3,12H2,1-2H3;3-10H,1-2H3. The molecule has 0 bridgehead atoms. The van der Waals surface area contributed by atoms with Crippen molar-refractivity contribution in [2.24, 2.45) is 9.98 Å². The molecular formula is C30H32N2. The summed E-state index contributed by atoms with van der Waals surface area (Å²) in [6.07, 6.45) is 10.0.